The van der Waals surface area contributed by atoms with Crippen LogP contribution in [0.25, 0.3) is 5.52 Å². The largest absolute Gasteiger partial charge is 0.235 e. The summed E-state index contributed by atoms with van der Waals surface area (Å²) in [4.78, 5) is 4.19. The summed E-state index contributed by atoms with van der Waals surface area (Å²) in [5.41, 5.74) is 0.612. The highest BCUT2D eigenvalue weighted by molar-refractivity contribution is 6.39. The minimum atomic E-state index is 0.0274. The Bertz CT molecular complexity index is 613. The Morgan fingerprint density at radius 3 is 3.00 bits per heavy atom. The van der Waals surface area contributed by atoms with Crippen LogP contribution in [0.3, 0.4) is 0 Å². The highest BCUT2D eigenvalue weighted by atomic mass is 35.5. The van der Waals surface area contributed by atoms with E-state index in [1.54, 1.807) is 16.8 Å². The van der Waals surface area contributed by atoms with Gasteiger partial charge in [-0.15, -0.1) is 0 Å². The molecule has 1 saturated carbocycles. The Balaban J connectivity index is 2.13. The van der Waals surface area contributed by atoms with Crippen LogP contribution >= 0.6 is 23.2 Å². The first-order valence-corrected chi connectivity index (χ1v) is 5.56. The van der Waals surface area contributed by atoms with Crippen LogP contribution in [0.2, 0.25) is 10.2 Å². The fourth-order valence-electron chi connectivity index (χ4n) is 1.74. The molecule has 0 radical (unpaired) electrons. The van der Waals surface area contributed by atoms with Crippen LogP contribution < -0.4 is 0 Å². The molecule has 6 heteroatoms. The van der Waals surface area contributed by atoms with Gasteiger partial charge in [-0.05, 0) is 12.5 Å². The fraction of sp³-hybridized carbons (Fsp3) is 0.300. The lowest BCUT2D eigenvalue weighted by molar-refractivity contribution is 0.790. The standard InChI is InChI=1S/C10H6Cl2N4/c11-7-1-2-16-8(7)9(12)14-10(15-16)6-3-5(6)4-13/h1-2,5-6H,3H2. The quantitative estimate of drug-likeness (QED) is 0.784. The van der Waals surface area contributed by atoms with Gasteiger partial charge in [-0.1, -0.05) is 23.2 Å². The molecule has 4 nitrogen and oxygen atoms in total. The zero-order valence-corrected chi connectivity index (χ0v) is 9.57. The molecule has 2 aromatic heterocycles. The third-order valence-corrected chi connectivity index (χ3v) is 3.29. The second kappa shape index (κ2) is 3.34. The summed E-state index contributed by atoms with van der Waals surface area (Å²) in [6.45, 7) is 0. The van der Waals surface area contributed by atoms with Crippen molar-refractivity contribution in [3.8, 4) is 6.07 Å². The maximum Gasteiger partial charge on any atom is 0.158 e. The molecule has 1 aliphatic carbocycles. The van der Waals surface area contributed by atoms with Gasteiger partial charge >= 0.3 is 0 Å². The smallest absolute Gasteiger partial charge is 0.158 e. The number of nitrogens with zero attached hydrogens (tertiary/aromatic N) is 4. The second-order valence-corrected chi connectivity index (χ2v) is 4.56. The summed E-state index contributed by atoms with van der Waals surface area (Å²) < 4.78 is 1.61. The minimum Gasteiger partial charge on any atom is -0.235 e. The van der Waals surface area contributed by atoms with Crippen LogP contribution in [-0.4, -0.2) is 14.6 Å². The van der Waals surface area contributed by atoms with Crippen LogP contribution in [0.5, 0.6) is 0 Å². The number of aromatic nitrogens is 3. The molecule has 0 aromatic carbocycles. The SMILES string of the molecule is N#CC1CC1c1nc(Cl)c2c(Cl)ccn2n1. The molecule has 2 unspecified atom stereocenters. The predicted octanol–water partition coefficient (Wildman–Crippen LogP) is 2.66. The number of fused-ring (bicyclic) bond motifs is 1. The third-order valence-electron chi connectivity index (χ3n) is 2.72. The van der Waals surface area contributed by atoms with Crippen molar-refractivity contribution in [1.82, 2.24) is 14.6 Å². The Labute approximate surface area is 101 Å². The lowest BCUT2D eigenvalue weighted by Gasteiger charge is -2.01. The van der Waals surface area contributed by atoms with Crippen LogP contribution in [0, 0.1) is 17.2 Å². The molecule has 16 heavy (non-hydrogen) atoms. The molecule has 0 bridgehead atoms. The molecular formula is C10H6Cl2N4. The molecule has 3 rings (SSSR count). The van der Waals surface area contributed by atoms with Gasteiger partial charge in [0.1, 0.15) is 5.52 Å². The van der Waals surface area contributed by atoms with E-state index in [-0.39, 0.29) is 11.8 Å². The van der Waals surface area contributed by atoms with Gasteiger partial charge in [0.2, 0.25) is 0 Å². The van der Waals surface area contributed by atoms with E-state index in [0.717, 1.165) is 6.42 Å². The molecule has 2 aromatic rings. The fourth-order valence-corrected chi connectivity index (χ4v) is 2.30. The van der Waals surface area contributed by atoms with Crippen molar-refractivity contribution in [3.05, 3.63) is 28.3 Å². The maximum absolute atomic E-state index is 8.76. The van der Waals surface area contributed by atoms with E-state index in [9.17, 15) is 0 Å². The summed E-state index contributed by atoms with van der Waals surface area (Å²) in [6, 6.07) is 3.92. The summed E-state index contributed by atoms with van der Waals surface area (Å²) in [5.74, 6) is 0.768. The zero-order valence-electron chi connectivity index (χ0n) is 8.06. The second-order valence-electron chi connectivity index (χ2n) is 3.80. The van der Waals surface area contributed by atoms with Crippen LogP contribution in [0.1, 0.15) is 18.2 Å². The average molecular weight is 253 g/mol. The summed E-state index contributed by atoms with van der Waals surface area (Å²) in [6.07, 6.45) is 2.55. The van der Waals surface area contributed by atoms with Gasteiger partial charge in [0.15, 0.2) is 11.0 Å². The molecule has 80 valence electrons. The van der Waals surface area contributed by atoms with Gasteiger partial charge in [-0.25, -0.2) is 9.50 Å². The molecule has 1 aliphatic rings. The molecular weight excluding hydrogens is 247 g/mol. The third kappa shape index (κ3) is 1.36. The predicted molar refractivity (Wildman–Crippen MR) is 59.5 cm³/mol. The molecule has 0 saturated heterocycles. The first-order valence-electron chi connectivity index (χ1n) is 4.80. The molecule has 0 aliphatic heterocycles. The molecule has 2 heterocycles. The number of halogens is 2. The van der Waals surface area contributed by atoms with E-state index in [2.05, 4.69) is 16.2 Å². The summed E-state index contributed by atoms with van der Waals surface area (Å²) >= 11 is 12.0. The Kier molecular flexibility index (Phi) is 2.06. The van der Waals surface area contributed by atoms with Crippen molar-refractivity contribution in [2.45, 2.75) is 12.3 Å². The van der Waals surface area contributed by atoms with Gasteiger partial charge in [0.05, 0.1) is 17.0 Å². The van der Waals surface area contributed by atoms with Crippen LogP contribution in [0.4, 0.5) is 0 Å². The monoisotopic (exact) mass is 252 g/mol. The van der Waals surface area contributed by atoms with Gasteiger partial charge in [0, 0.05) is 12.1 Å². The van der Waals surface area contributed by atoms with E-state index >= 15 is 0 Å². The number of nitriles is 1. The van der Waals surface area contributed by atoms with E-state index in [4.69, 9.17) is 28.5 Å². The van der Waals surface area contributed by atoms with Gasteiger partial charge in [0.25, 0.3) is 0 Å². The van der Waals surface area contributed by atoms with E-state index < -0.39 is 0 Å². The van der Waals surface area contributed by atoms with Gasteiger partial charge in [-0.3, -0.25) is 0 Å². The van der Waals surface area contributed by atoms with Crippen LogP contribution in [-0.2, 0) is 0 Å². The lowest BCUT2D eigenvalue weighted by atomic mass is 10.3. The number of rotatable bonds is 1. The van der Waals surface area contributed by atoms with Crippen molar-refractivity contribution in [1.29, 1.82) is 5.26 Å². The molecule has 0 spiro atoms. The van der Waals surface area contributed by atoms with Gasteiger partial charge < -0.3 is 0 Å². The molecule has 2 atom stereocenters. The molecule has 1 fully saturated rings. The van der Waals surface area contributed by atoms with E-state index in [1.807, 2.05) is 0 Å². The zero-order chi connectivity index (χ0) is 11.3. The van der Waals surface area contributed by atoms with Crippen molar-refractivity contribution in [2.24, 2.45) is 5.92 Å². The van der Waals surface area contributed by atoms with Crippen LogP contribution in [0.15, 0.2) is 12.3 Å². The van der Waals surface area contributed by atoms with Crippen molar-refractivity contribution in [3.63, 3.8) is 0 Å². The maximum atomic E-state index is 8.76. The average Bonchev–Trinajstić information content (AvgIpc) is 2.96. The topological polar surface area (TPSA) is 54.0 Å². The van der Waals surface area contributed by atoms with E-state index in [1.165, 1.54) is 0 Å². The van der Waals surface area contributed by atoms with Gasteiger partial charge in [-0.2, -0.15) is 10.4 Å². The minimum absolute atomic E-state index is 0.0274. The van der Waals surface area contributed by atoms with E-state index in [0.29, 0.717) is 21.5 Å². The Morgan fingerprint density at radius 2 is 2.31 bits per heavy atom. The number of hydrogen-bond donors (Lipinski definition) is 0. The first kappa shape index (κ1) is 9.88. The first-order chi connectivity index (χ1) is 7.70. The molecule has 0 amide bonds. The highest BCUT2D eigenvalue weighted by Crippen LogP contribution is 2.45. The Morgan fingerprint density at radius 1 is 1.50 bits per heavy atom. The summed E-state index contributed by atoms with van der Waals surface area (Å²) in [7, 11) is 0. The summed E-state index contributed by atoms with van der Waals surface area (Å²) in [5, 5.41) is 13.9. The normalized spacial score (nSPS) is 23.3. The lowest BCUT2D eigenvalue weighted by Crippen LogP contribution is -2.01. The molecule has 0 N–H and O–H groups in total. The van der Waals surface area contributed by atoms with Crippen molar-refractivity contribution in [2.75, 3.05) is 0 Å². The Hall–Kier alpha value is -1.31. The highest BCUT2D eigenvalue weighted by Gasteiger charge is 2.41. The number of hydrogen-bond acceptors (Lipinski definition) is 3. The van der Waals surface area contributed by atoms with Crippen molar-refractivity contribution >= 4 is 28.7 Å². The van der Waals surface area contributed by atoms with Crippen molar-refractivity contribution < 1.29 is 0 Å².